The van der Waals surface area contributed by atoms with Crippen LogP contribution in [-0.2, 0) is 25.4 Å². The maximum atomic E-state index is 13.0. The Morgan fingerprint density at radius 2 is 2.00 bits per heavy atom. The van der Waals surface area contributed by atoms with Gasteiger partial charge in [-0.15, -0.1) is 0 Å². The Hall–Kier alpha value is -1.91. The highest BCUT2D eigenvalue weighted by Gasteiger charge is 2.62. The van der Waals surface area contributed by atoms with Gasteiger partial charge in [-0.05, 0) is 24.8 Å². The fourth-order valence-electron chi connectivity index (χ4n) is 3.92. The van der Waals surface area contributed by atoms with Crippen LogP contribution in [0.5, 0.6) is 5.75 Å². The molecule has 7 nitrogen and oxygen atoms in total. The molecule has 1 aliphatic heterocycles. The topological polar surface area (TPSA) is 70.1 Å². The summed E-state index contributed by atoms with van der Waals surface area (Å²) < 4.78 is 60.2. The second-order valence-corrected chi connectivity index (χ2v) is 8.04. The van der Waals surface area contributed by atoms with E-state index in [-0.39, 0.29) is 26.4 Å². The zero-order valence-electron chi connectivity index (χ0n) is 17.8. The molecule has 3 rings (SSSR count). The number of methoxy groups -OCH3 is 2. The average Bonchev–Trinajstić information content (AvgIpc) is 3.54. The summed E-state index contributed by atoms with van der Waals surface area (Å²) in [4.78, 5) is 18.5. The van der Waals surface area contributed by atoms with Crippen LogP contribution < -0.4 is 4.74 Å². The Morgan fingerprint density at radius 3 is 2.65 bits per heavy atom. The van der Waals surface area contributed by atoms with Gasteiger partial charge in [-0.3, -0.25) is 9.78 Å². The van der Waals surface area contributed by atoms with E-state index < -0.39 is 30.1 Å². The van der Waals surface area contributed by atoms with Crippen LogP contribution >= 0.6 is 0 Å². The number of ether oxygens (including phenoxy) is 4. The quantitative estimate of drug-likeness (QED) is 0.342. The highest BCUT2D eigenvalue weighted by Crippen LogP contribution is 2.41. The molecule has 1 aromatic rings. The van der Waals surface area contributed by atoms with E-state index in [1.54, 1.807) is 18.3 Å². The van der Waals surface area contributed by atoms with Gasteiger partial charge in [-0.2, -0.15) is 13.2 Å². The monoisotopic (exact) mass is 446 g/mol. The number of carbonyl (C=O) groups is 1. The first-order valence-electron chi connectivity index (χ1n) is 10.4. The van der Waals surface area contributed by atoms with Crippen LogP contribution in [0, 0.1) is 5.92 Å². The largest absolute Gasteiger partial charge is 0.493 e. The summed E-state index contributed by atoms with van der Waals surface area (Å²) in [6, 6.07) is 2.61. The molecule has 2 heterocycles. The van der Waals surface area contributed by atoms with Crippen molar-refractivity contribution < 1.29 is 36.9 Å². The molecular weight excluding hydrogens is 417 g/mol. The predicted octanol–water partition coefficient (Wildman–Crippen LogP) is 3.32. The molecule has 0 bridgehead atoms. The van der Waals surface area contributed by atoms with Crippen molar-refractivity contribution >= 4 is 5.91 Å². The van der Waals surface area contributed by atoms with Gasteiger partial charge in [0.25, 0.3) is 5.91 Å². The lowest BCUT2D eigenvalue weighted by Crippen LogP contribution is -2.76. The number of nitrogens with zero attached hydrogens (tertiary/aromatic N) is 2. The van der Waals surface area contributed by atoms with Crippen molar-refractivity contribution in [3.05, 3.63) is 24.0 Å². The van der Waals surface area contributed by atoms with Crippen molar-refractivity contribution in [3.63, 3.8) is 0 Å². The zero-order valence-corrected chi connectivity index (χ0v) is 17.8. The van der Waals surface area contributed by atoms with Crippen LogP contribution in [0.15, 0.2) is 18.3 Å². The van der Waals surface area contributed by atoms with Gasteiger partial charge < -0.3 is 23.8 Å². The van der Waals surface area contributed by atoms with Gasteiger partial charge in [0.05, 0.1) is 12.6 Å². The third-order valence-electron chi connectivity index (χ3n) is 5.66. The predicted molar refractivity (Wildman–Crippen MR) is 104 cm³/mol. The van der Waals surface area contributed by atoms with E-state index in [1.807, 2.05) is 0 Å². The first-order valence-corrected chi connectivity index (χ1v) is 10.4. The Bertz CT molecular complexity index is 744. The third kappa shape index (κ3) is 6.08. The number of aromatic nitrogens is 1. The number of carbonyl (C=O) groups excluding carboxylic acids is 1. The minimum atomic E-state index is -4.35. The van der Waals surface area contributed by atoms with Crippen LogP contribution in [0.3, 0.4) is 0 Å². The Kier molecular flexibility index (Phi) is 7.77. The molecule has 1 aliphatic carbocycles. The fourth-order valence-corrected chi connectivity index (χ4v) is 3.92. The second kappa shape index (κ2) is 10.1. The van der Waals surface area contributed by atoms with Crippen LogP contribution in [0.4, 0.5) is 13.2 Å². The van der Waals surface area contributed by atoms with E-state index in [1.165, 1.54) is 32.0 Å². The third-order valence-corrected chi connectivity index (χ3v) is 5.66. The molecule has 0 unspecified atom stereocenters. The highest BCUT2D eigenvalue weighted by molar-refractivity contribution is 5.93. The lowest BCUT2D eigenvalue weighted by molar-refractivity contribution is -0.238. The van der Waals surface area contributed by atoms with E-state index in [2.05, 4.69) is 4.98 Å². The van der Waals surface area contributed by atoms with Gasteiger partial charge in [0.2, 0.25) is 0 Å². The fraction of sp³-hybridized carbons (Fsp3) is 0.714. The van der Waals surface area contributed by atoms with E-state index in [9.17, 15) is 18.0 Å². The minimum absolute atomic E-state index is 0.0117. The SMILES string of the molecule is COCO[C@@]1(Cc2cc(OCCC3CC3)ccn2)C(=O)N(COC)[C@H]1CCC(F)(F)F. The number of amides is 1. The smallest absolute Gasteiger partial charge is 0.389 e. The molecule has 31 heavy (non-hydrogen) atoms. The van der Waals surface area contributed by atoms with Gasteiger partial charge in [0.15, 0.2) is 5.60 Å². The molecular formula is C21H29F3N2O5. The number of rotatable bonds is 13. The maximum Gasteiger partial charge on any atom is 0.389 e. The molecule has 2 fully saturated rings. The minimum Gasteiger partial charge on any atom is -0.493 e. The second-order valence-electron chi connectivity index (χ2n) is 8.04. The molecule has 0 radical (unpaired) electrons. The molecule has 174 valence electrons. The molecule has 1 saturated carbocycles. The maximum absolute atomic E-state index is 13.0. The van der Waals surface area contributed by atoms with Crippen molar-refractivity contribution in [2.24, 2.45) is 5.92 Å². The van der Waals surface area contributed by atoms with E-state index in [4.69, 9.17) is 18.9 Å². The first kappa shape index (κ1) is 23.7. The summed E-state index contributed by atoms with van der Waals surface area (Å²) in [5.41, 5.74) is -0.998. The summed E-state index contributed by atoms with van der Waals surface area (Å²) in [5, 5.41) is 0. The molecule has 0 spiro atoms. The summed E-state index contributed by atoms with van der Waals surface area (Å²) in [7, 11) is 2.77. The van der Waals surface area contributed by atoms with E-state index >= 15 is 0 Å². The van der Waals surface area contributed by atoms with E-state index in [0.29, 0.717) is 18.1 Å². The van der Waals surface area contributed by atoms with E-state index in [0.717, 1.165) is 12.3 Å². The lowest BCUT2D eigenvalue weighted by Gasteiger charge is -2.55. The van der Waals surface area contributed by atoms with Crippen LogP contribution in [0.2, 0.25) is 0 Å². The summed E-state index contributed by atoms with van der Waals surface area (Å²) in [5.74, 6) is 0.904. The number of hydrogen-bond donors (Lipinski definition) is 0. The molecule has 0 aromatic carbocycles. The Labute approximate surface area is 179 Å². The Balaban J connectivity index is 1.76. The number of likely N-dealkylation sites (tertiary alicyclic amines) is 1. The van der Waals surface area contributed by atoms with Crippen molar-refractivity contribution in [3.8, 4) is 5.75 Å². The van der Waals surface area contributed by atoms with Crippen LogP contribution in [0.1, 0.15) is 37.8 Å². The molecule has 2 atom stereocenters. The first-order chi connectivity index (χ1) is 14.8. The molecule has 1 amide bonds. The average molecular weight is 446 g/mol. The van der Waals surface area contributed by atoms with Gasteiger partial charge in [-0.25, -0.2) is 0 Å². The van der Waals surface area contributed by atoms with Crippen LogP contribution in [0.25, 0.3) is 0 Å². The molecule has 1 saturated heterocycles. The van der Waals surface area contributed by atoms with Gasteiger partial charge >= 0.3 is 6.18 Å². The highest BCUT2D eigenvalue weighted by atomic mass is 19.4. The standard InChI is InChI=1S/C21H29F3N2O5/c1-28-13-26-18(5-8-21(22,23)24)20(19(26)27,31-14-29-2)12-16-11-17(6-9-25-16)30-10-7-15-3-4-15/h6,9,11,15,18H,3-5,7-8,10,12-14H2,1-2H3/t18-,20+/m0/s1. The summed E-state index contributed by atoms with van der Waals surface area (Å²) >= 11 is 0. The molecule has 0 N–H and O–H groups in total. The summed E-state index contributed by atoms with van der Waals surface area (Å²) in [6.07, 6.45) is -0.654. The van der Waals surface area contributed by atoms with Crippen LogP contribution in [-0.4, -0.2) is 68.0 Å². The van der Waals surface area contributed by atoms with Crippen molar-refractivity contribution in [1.29, 1.82) is 0 Å². The molecule has 10 heteroatoms. The zero-order chi connectivity index (χ0) is 22.5. The van der Waals surface area contributed by atoms with Crippen molar-refractivity contribution in [1.82, 2.24) is 9.88 Å². The number of β-lactam (4-membered cyclic amide) rings is 1. The van der Waals surface area contributed by atoms with Gasteiger partial charge in [0, 0.05) is 45.0 Å². The van der Waals surface area contributed by atoms with Crippen molar-refractivity contribution in [2.45, 2.75) is 56.3 Å². The number of halogens is 3. The Morgan fingerprint density at radius 1 is 1.23 bits per heavy atom. The number of alkyl halides is 3. The molecule has 2 aliphatic rings. The van der Waals surface area contributed by atoms with Crippen molar-refractivity contribution in [2.75, 3.05) is 34.4 Å². The number of pyridine rings is 1. The lowest BCUT2D eigenvalue weighted by atomic mass is 9.76. The summed E-state index contributed by atoms with van der Waals surface area (Å²) in [6.45, 7) is 0.248. The molecule has 1 aromatic heterocycles. The normalized spacial score (nSPS) is 23.7. The number of hydrogen-bond acceptors (Lipinski definition) is 6. The van der Waals surface area contributed by atoms with Gasteiger partial charge in [-0.1, -0.05) is 12.8 Å². The van der Waals surface area contributed by atoms with Gasteiger partial charge in [0.1, 0.15) is 19.3 Å².